The monoisotopic (exact) mass is 255 g/mol. The fraction of sp³-hybridized carbons (Fsp3) is 0.467. The number of aromatic nitrogens is 2. The summed E-state index contributed by atoms with van der Waals surface area (Å²) in [7, 11) is 0. The van der Waals surface area contributed by atoms with Crippen LogP contribution in [0, 0.1) is 6.92 Å². The highest BCUT2D eigenvalue weighted by Gasteiger charge is 2.31. The van der Waals surface area contributed by atoms with E-state index in [1.54, 1.807) is 6.26 Å². The predicted octanol–water partition coefficient (Wildman–Crippen LogP) is 2.57. The summed E-state index contributed by atoms with van der Waals surface area (Å²) in [4.78, 5) is 9.62. The maximum Gasteiger partial charge on any atom is 0.163 e. The Balaban J connectivity index is 1.88. The average Bonchev–Trinajstić information content (AvgIpc) is 3.19. The third-order valence-electron chi connectivity index (χ3n) is 4.03. The molecule has 98 valence electrons. The second-order valence-electron chi connectivity index (χ2n) is 5.45. The van der Waals surface area contributed by atoms with E-state index >= 15 is 0 Å². The van der Waals surface area contributed by atoms with Crippen LogP contribution in [0.15, 0.2) is 16.7 Å². The number of nitrogens with zero attached hydrogens (tertiary/aromatic N) is 2. The molecule has 1 N–H and O–H groups in total. The highest BCUT2D eigenvalue weighted by molar-refractivity contribution is 5.58. The van der Waals surface area contributed by atoms with Crippen molar-refractivity contribution in [1.82, 2.24) is 15.3 Å². The molecule has 2 aromatic heterocycles. The van der Waals surface area contributed by atoms with Crippen molar-refractivity contribution in [3.8, 4) is 11.4 Å². The molecule has 0 radical (unpaired) electrons. The molecule has 0 unspecified atom stereocenters. The van der Waals surface area contributed by atoms with Crippen molar-refractivity contribution in [1.29, 1.82) is 0 Å². The van der Waals surface area contributed by atoms with E-state index in [4.69, 9.17) is 14.4 Å². The Morgan fingerprint density at radius 1 is 1.32 bits per heavy atom. The Kier molecular flexibility index (Phi) is 2.45. The molecular formula is C15H17N3O. The Morgan fingerprint density at radius 2 is 2.21 bits per heavy atom. The summed E-state index contributed by atoms with van der Waals surface area (Å²) in [6.45, 7) is 3.90. The van der Waals surface area contributed by atoms with Crippen molar-refractivity contribution in [2.45, 2.75) is 38.6 Å². The van der Waals surface area contributed by atoms with E-state index in [0.717, 1.165) is 36.7 Å². The fourth-order valence-electron chi connectivity index (χ4n) is 2.80. The Bertz CT molecular complexity index is 628. The molecule has 3 heterocycles. The summed E-state index contributed by atoms with van der Waals surface area (Å²) in [5.41, 5.74) is 4.88. The largest absolute Gasteiger partial charge is 0.469 e. The number of furan rings is 1. The van der Waals surface area contributed by atoms with Gasteiger partial charge in [0.05, 0.1) is 23.2 Å². The zero-order valence-corrected chi connectivity index (χ0v) is 11.1. The van der Waals surface area contributed by atoms with Crippen LogP contribution >= 0.6 is 0 Å². The minimum absolute atomic E-state index is 0.655. The maximum atomic E-state index is 5.39. The lowest BCUT2D eigenvalue weighted by molar-refractivity contribution is 0.535. The lowest BCUT2D eigenvalue weighted by Gasteiger charge is -2.20. The number of hydrogen-bond acceptors (Lipinski definition) is 4. The minimum Gasteiger partial charge on any atom is -0.469 e. The molecule has 2 aliphatic rings. The molecule has 4 heteroatoms. The molecule has 1 fully saturated rings. The van der Waals surface area contributed by atoms with Crippen molar-refractivity contribution in [3.63, 3.8) is 0 Å². The molecule has 1 aliphatic heterocycles. The first-order valence-electron chi connectivity index (χ1n) is 6.98. The van der Waals surface area contributed by atoms with Crippen LogP contribution in [0.2, 0.25) is 0 Å². The molecule has 0 bridgehead atoms. The second kappa shape index (κ2) is 4.17. The van der Waals surface area contributed by atoms with Crippen LogP contribution in [-0.2, 0) is 13.0 Å². The van der Waals surface area contributed by atoms with Crippen molar-refractivity contribution in [3.05, 3.63) is 35.0 Å². The van der Waals surface area contributed by atoms with Gasteiger partial charge in [0.1, 0.15) is 5.76 Å². The van der Waals surface area contributed by atoms with Crippen LogP contribution in [0.1, 0.15) is 41.5 Å². The van der Waals surface area contributed by atoms with Gasteiger partial charge >= 0.3 is 0 Å². The molecule has 19 heavy (non-hydrogen) atoms. The van der Waals surface area contributed by atoms with Gasteiger partial charge in [0.15, 0.2) is 5.82 Å². The van der Waals surface area contributed by atoms with E-state index < -0.39 is 0 Å². The average molecular weight is 255 g/mol. The second-order valence-corrected chi connectivity index (χ2v) is 5.45. The van der Waals surface area contributed by atoms with Gasteiger partial charge in [-0.2, -0.15) is 0 Å². The van der Waals surface area contributed by atoms with Gasteiger partial charge in [-0.05, 0) is 25.8 Å². The molecule has 4 nitrogen and oxygen atoms in total. The molecule has 0 saturated heterocycles. The maximum absolute atomic E-state index is 5.39. The van der Waals surface area contributed by atoms with Crippen molar-refractivity contribution in [2.75, 3.05) is 6.54 Å². The molecule has 1 aliphatic carbocycles. The predicted molar refractivity (Wildman–Crippen MR) is 71.9 cm³/mol. The number of aryl methyl sites for hydroxylation is 1. The van der Waals surface area contributed by atoms with Crippen LogP contribution in [-0.4, -0.2) is 16.5 Å². The summed E-state index contributed by atoms with van der Waals surface area (Å²) < 4.78 is 5.39. The molecule has 0 spiro atoms. The summed E-state index contributed by atoms with van der Waals surface area (Å²) in [5.74, 6) is 2.40. The molecule has 0 aromatic carbocycles. The van der Waals surface area contributed by atoms with E-state index in [1.807, 2.05) is 13.0 Å². The Hall–Kier alpha value is -1.68. The summed E-state index contributed by atoms with van der Waals surface area (Å²) in [5, 5.41) is 3.43. The third-order valence-corrected chi connectivity index (χ3v) is 4.03. The van der Waals surface area contributed by atoms with Gasteiger partial charge in [0, 0.05) is 31.0 Å². The third kappa shape index (κ3) is 1.87. The first-order valence-corrected chi connectivity index (χ1v) is 6.98. The van der Waals surface area contributed by atoms with E-state index in [9.17, 15) is 0 Å². The smallest absolute Gasteiger partial charge is 0.163 e. The number of nitrogens with one attached hydrogen (secondary N) is 1. The SMILES string of the molecule is Cc1occc1-c1nc2c(c(C3CC3)n1)CNCC2. The molecule has 2 aromatic rings. The Labute approximate surface area is 112 Å². The van der Waals surface area contributed by atoms with Gasteiger partial charge < -0.3 is 9.73 Å². The van der Waals surface area contributed by atoms with Gasteiger partial charge in [-0.25, -0.2) is 9.97 Å². The van der Waals surface area contributed by atoms with Crippen LogP contribution in [0.3, 0.4) is 0 Å². The van der Waals surface area contributed by atoms with Crippen LogP contribution in [0.4, 0.5) is 0 Å². The van der Waals surface area contributed by atoms with Crippen LogP contribution < -0.4 is 5.32 Å². The lowest BCUT2D eigenvalue weighted by Crippen LogP contribution is -2.26. The van der Waals surface area contributed by atoms with Crippen LogP contribution in [0.5, 0.6) is 0 Å². The first-order chi connectivity index (χ1) is 9.33. The highest BCUT2D eigenvalue weighted by Crippen LogP contribution is 2.42. The zero-order valence-electron chi connectivity index (χ0n) is 11.1. The van der Waals surface area contributed by atoms with Gasteiger partial charge in [0.25, 0.3) is 0 Å². The molecule has 0 atom stereocenters. The van der Waals surface area contributed by atoms with Crippen molar-refractivity contribution in [2.24, 2.45) is 0 Å². The molecule has 1 saturated carbocycles. The molecule has 4 rings (SSSR count). The topological polar surface area (TPSA) is 51.0 Å². The van der Waals surface area contributed by atoms with Gasteiger partial charge in [-0.3, -0.25) is 0 Å². The van der Waals surface area contributed by atoms with Gasteiger partial charge in [-0.1, -0.05) is 0 Å². The van der Waals surface area contributed by atoms with Crippen molar-refractivity contribution < 1.29 is 4.42 Å². The summed E-state index contributed by atoms with van der Waals surface area (Å²) in [6.07, 6.45) is 5.26. The summed E-state index contributed by atoms with van der Waals surface area (Å²) in [6, 6.07) is 1.97. The lowest BCUT2D eigenvalue weighted by atomic mass is 10.0. The number of rotatable bonds is 2. The fourth-order valence-corrected chi connectivity index (χ4v) is 2.80. The normalized spacial score (nSPS) is 18.4. The first kappa shape index (κ1) is 11.2. The number of fused-ring (bicyclic) bond motifs is 1. The Morgan fingerprint density at radius 3 is 2.95 bits per heavy atom. The van der Waals surface area contributed by atoms with Crippen LogP contribution in [0.25, 0.3) is 11.4 Å². The van der Waals surface area contributed by atoms with E-state index in [0.29, 0.717) is 5.92 Å². The highest BCUT2D eigenvalue weighted by atomic mass is 16.3. The van der Waals surface area contributed by atoms with E-state index in [-0.39, 0.29) is 0 Å². The van der Waals surface area contributed by atoms with E-state index in [2.05, 4.69) is 5.32 Å². The number of hydrogen-bond donors (Lipinski definition) is 1. The standard InChI is InChI=1S/C15H17N3O/c1-9-11(5-7-19-9)15-17-13-4-6-16-8-12(13)14(18-15)10-2-3-10/h5,7,10,16H,2-4,6,8H2,1H3. The zero-order chi connectivity index (χ0) is 12.8. The molecule has 0 amide bonds. The van der Waals surface area contributed by atoms with E-state index in [1.165, 1.54) is 29.8 Å². The van der Waals surface area contributed by atoms with Gasteiger partial charge in [0.2, 0.25) is 0 Å². The quantitative estimate of drug-likeness (QED) is 0.896. The van der Waals surface area contributed by atoms with Crippen molar-refractivity contribution >= 4 is 0 Å². The van der Waals surface area contributed by atoms with Gasteiger partial charge in [-0.15, -0.1) is 0 Å². The summed E-state index contributed by atoms with van der Waals surface area (Å²) >= 11 is 0. The minimum atomic E-state index is 0.655. The molecular weight excluding hydrogens is 238 g/mol.